The lowest BCUT2D eigenvalue weighted by Gasteiger charge is -2.14. The number of hydrogen-bond acceptors (Lipinski definition) is 7. The number of fused-ring (bicyclic) bond motifs is 1. The number of nitrogens with zero attached hydrogens (tertiary/aromatic N) is 1. The van der Waals surface area contributed by atoms with E-state index in [1.54, 1.807) is 42.5 Å². The molecule has 3 aromatic carbocycles. The minimum atomic E-state index is -0.863. The van der Waals surface area contributed by atoms with Crippen LogP contribution in [0.2, 0.25) is 0 Å². The molecule has 0 radical (unpaired) electrons. The highest BCUT2D eigenvalue weighted by molar-refractivity contribution is 6.34. The van der Waals surface area contributed by atoms with Gasteiger partial charge in [-0.2, -0.15) is 0 Å². The molecule has 1 aliphatic heterocycles. The van der Waals surface area contributed by atoms with Crippen LogP contribution in [0.15, 0.2) is 72.8 Å². The standard InChI is InChI=1S/C25H18N2O7/c1-33-20-12-5-4-11-19(20)22(29)26-21(28)14-34-25(32)15-7-6-8-16(13-15)27-23(30)17-9-2-3-10-18(17)24(27)31/h2-13H,14H2,1H3,(H,26,28,29). The summed E-state index contributed by atoms with van der Waals surface area (Å²) in [7, 11) is 1.39. The molecule has 0 aliphatic carbocycles. The fourth-order valence-corrected chi connectivity index (χ4v) is 3.47. The summed E-state index contributed by atoms with van der Waals surface area (Å²) in [6, 6.07) is 18.5. The van der Waals surface area contributed by atoms with Gasteiger partial charge < -0.3 is 9.47 Å². The molecule has 0 fully saturated rings. The van der Waals surface area contributed by atoms with Gasteiger partial charge in [0, 0.05) is 0 Å². The molecular weight excluding hydrogens is 440 g/mol. The Bertz CT molecular complexity index is 1300. The monoisotopic (exact) mass is 458 g/mol. The number of ether oxygens (including phenoxy) is 2. The fraction of sp³-hybridized carbons (Fsp3) is 0.0800. The van der Waals surface area contributed by atoms with Crippen LogP contribution < -0.4 is 15.0 Å². The molecule has 170 valence electrons. The van der Waals surface area contributed by atoms with Crippen LogP contribution in [-0.2, 0) is 9.53 Å². The van der Waals surface area contributed by atoms with Crippen molar-refractivity contribution in [3.63, 3.8) is 0 Å². The number of anilines is 1. The Morgan fingerprint density at radius 2 is 1.50 bits per heavy atom. The number of benzene rings is 3. The first-order chi connectivity index (χ1) is 16.4. The maximum atomic E-state index is 12.7. The lowest BCUT2D eigenvalue weighted by molar-refractivity contribution is -0.123. The van der Waals surface area contributed by atoms with Crippen molar-refractivity contribution in [1.29, 1.82) is 0 Å². The van der Waals surface area contributed by atoms with Crippen molar-refractivity contribution >= 4 is 35.3 Å². The van der Waals surface area contributed by atoms with Crippen molar-refractivity contribution in [2.24, 2.45) is 0 Å². The summed E-state index contributed by atoms with van der Waals surface area (Å²) in [5, 5.41) is 2.12. The maximum Gasteiger partial charge on any atom is 0.338 e. The van der Waals surface area contributed by atoms with E-state index in [-0.39, 0.29) is 33.7 Å². The second-order valence-electron chi connectivity index (χ2n) is 7.20. The van der Waals surface area contributed by atoms with Crippen LogP contribution in [0.1, 0.15) is 41.4 Å². The minimum absolute atomic E-state index is 0.0258. The van der Waals surface area contributed by atoms with E-state index in [9.17, 15) is 24.0 Å². The van der Waals surface area contributed by atoms with Crippen molar-refractivity contribution in [1.82, 2.24) is 5.32 Å². The van der Waals surface area contributed by atoms with Gasteiger partial charge in [0.1, 0.15) is 5.75 Å². The molecule has 9 heteroatoms. The van der Waals surface area contributed by atoms with Gasteiger partial charge in [-0.1, -0.05) is 30.3 Å². The quantitative estimate of drug-likeness (QED) is 0.445. The second-order valence-corrected chi connectivity index (χ2v) is 7.20. The van der Waals surface area contributed by atoms with E-state index in [1.807, 2.05) is 0 Å². The second kappa shape index (κ2) is 9.37. The van der Waals surface area contributed by atoms with Crippen LogP contribution in [0, 0.1) is 0 Å². The predicted molar refractivity (Wildman–Crippen MR) is 120 cm³/mol. The minimum Gasteiger partial charge on any atom is -0.496 e. The SMILES string of the molecule is COc1ccccc1C(=O)NC(=O)COC(=O)c1cccc(N2C(=O)c3ccccc3C2=O)c1. The number of esters is 1. The number of para-hydroxylation sites is 1. The predicted octanol–water partition coefficient (Wildman–Crippen LogP) is 2.61. The van der Waals surface area contributed by atoms with Crippen LogP contribution >= 0.6 is 0 Å². The number of imide groups is 2. The van der Waals surface area contributed by atoms with Crippen LogP contribution in [0.4, 0.5) is 5.69 Å². The van der Waals surface area contributed by atoms with E-state index < -0.39 is 36.2 Å². The van der Waals surface area contributed by atoms with Crippen LogP contribution in [0.3, 0.4) is 0 Å². The Morgan fingerprint density at radius 1 is 0.853 bits per heavy atom. The Hall–Kier alpha value is -4.79. The summed E-state index contributed by atoms with van der Waals surface area (Å²) in [5.41, 5.74) is 0.918. The topological polar surface area (TPSA) is 119 Å². The lowest BCUT2D eigenvalue weighted by Crippen LogP contribution is -2.34. The number of methoxy groups -OCH3 is 1. The number of hydrogen-bond donors (Lipinski definition) is 1. The average molecular weight is 458 g/mol. The third-order valence-electron chi connectivity index (χ3n) is 5.07. The summed E-state index contributed by atoms with van der Waals surface area (Å²) in [6.07, 6.45) is 0. The molecule has 0 unspecified atom stereocenters. The number of amides is 4. The largest absolute Gasteiger partial charge is 0.496 e. The van der Waals surface area contributed by atoms with Crippen molar-refractivity contribution in [3.05, 3.63) is 95.1 Å². The molecule has 0 bridgehead atoms. The summed E-state index contributed by atoms with van der Waals surface area (Å²) < 4.78 is 10.1. The van der Waals surface area contributed by atoms with Crippen molar-refractivity contribution in [3.8, 4) is 5.75 Å². The van der Waals surface area contributed by atoms with Crippen molar-refractivity contribution < 1.29 is 33.4 Å². The normalized spacial score (nSPS) is 12.2. The summed E-state index contributed by atoms with van der Waals surface area (Å²) in [5.74, 6) is -3.11. The third kappa shape index (κ3) is 4.26. The first-order valence-electron chi connectivity index (χ1n) is 10.1. The Balaban J connectivity index is 1.40. The van der Waals surface area contributed by atoms with Crippen LogP contribution in [0.5, 0.6) is 5.75 Å². The summed E-state index contributed by atoms with van der Waals surface area (Å²) in [6.45, 7) is -0.711. The smallest absolute Gasteiger partial charge is 0.338 e. The molecule has 0 saturated heterocycles. The zero-order valence-corrected chi connectivity index (χ0v) is 17.9. The van der Waals surface area contributed by atoms with Gasteiger partial charge in [0.05, 0.1) is 35.1 Å². The first-order valence-corrected chi connectivity index (χ1v) is 10.1. The number of carbonyl (C=O) groups excluding carboxylic acids is 5. The average Bonchev–Trinajstić information content (AvgIpc) is 3.12. The Kier molecular flexibility index (Phi) is 6.18. The van der Waals surface area contributed by atoms with E-state index in [2.05, 4.69) is 5.32 Å². The third-order valence-corrected chi connectivity index (χ3v) is 5.07. The zero-order valence-electron chi connectivity index (χ0n) is 17.9. The van der Waals surface area contributed by atoms with Gasteiger partial charge in [0.15, 0.2) is 6.61 Å². The lowest BCUT2D eigenvalue weighted by atomic mass is 10.1. The Morgan fingerprint density at radius 3 is 2.18 bits per heavy atom. The molecule has 1 N–H and O–H groups in total. The van der Waals surface area contributed by atoms with Gasteiger partial charge in [0.2, 0.25) is 0 Å². The Labute approximate surface area is 193 Å². The highest BCUT2D eigenvalue weighted by Gasteiger charge is 2.36. The van der Waals surface area contributed by atoms with E-state index in [0.717, 1.165) is 4.90 Å². The molecule has 1 aliphatic rings. The number of rotatable bonds is 6. The molecule has 3 aromatic rings. The molecule has 34 heavy (non-hydrogen) atoms. The summed E-state index contributed by atoms with van der Waals surface area (Å²) >= 11 is 0. The first kappa shape index (κ1) is 22.4. The molecule has 0 spiro atoms. The number of nitrogens with one attached hydrogen (secondary N) is 1. The van der Waals surface area contributed by atoms with E-state index in [1.165, 1.54) is 37.4 Å². The van der Waals surface area contributed by atoms with Crippen molar-refractivity contribution in [2.75, 3.05) is 18.6 Å². The van der Waals surface area contributed by atoms with Gasteiger partial charge in [-0.3, -0.25) is 24.5 Å². The molecule has 0 saturated carbocycles. The van der Waals surface area contributed by atoms with Gasteiger partial charge in [-0.05, 0) is 42.5 Å². The van der Waals surface area contributed by atoms with Gasteiger partial charge in [-0.25, -0.2) is 9.69 Å². The molecule has 1 heterocycles. The highest BCUT2D eigenvalue weighted by atomic mass is 16.5. The molecule has 4 amide bonds. The highest BCUT2D eigenvalue weighted by Crippen LogP contribution is 2.28. The van der Waals surface area contributed by atoms with Gasteiger partial charge in [-0.15, -0.1) is 0 Å². The van der Waals surface area contributed by atoms with Crippen LogP contribution in [0.25, 0.3) is 0 Å². The maximum absolute atomic E-state index is 12.7. The fourth-order valence-electron chi connectivity index (χ4n) is 3.47. The summed E-state index contributed by atoms with van der Waals surface area (Å²) in [4.78, 5) is 63.1. The molecule has 0 atom stereocenters. The van der Waals surface area contributed by atoms with Gasteiger partial charge in [0.25, 0.3) is 23.6 Å². The van der Waals surface area contributed by atoms with Crippen LogP contribution in [-0.4, -0.2) is 43.3 Å². The number of carbonyl (C=O) groups is 5. The van der Waals surface area contributed by atoms with E-state index >= 15 is 0 Å². The van der Waals surface area contributed by atoms with Crippen molar-refractivity contribution in [2.45, 2.75) is 0 Å². The zero-order chi connectivity index (χ0) is 24.2. The van der Waals surface area contributed by atoms with E-state index in [4.69, 9.17) is 9.47 Å². The van der Waals surface area contributed by atoms with E-state index in [0.29, 0.717) is 0 Å². The molecule has 9 nitrogen and oxygen atoms in total. The van der Waals surface area contributed by atoms with Gasteiger partial charge >= 0.3 is 5.97 Å². The molecule has 4 rings (SSSR count). The molecule has 0 aromatic heterocycles. The molecular formula is C25H18N2O7.